The highest BCUT2D eigenvalue weighted by Crippen LogP contribution is 2.29. The fourth-order valence-electron chi connectivity index (χ4n) is 2.23. The maximum absolute atomic E-state index is 12.0. The van der Waals surface area contributed by atoms with Crippen molar-refractivity contribution < 1.29 is 28.5 Å². The first-order chi connectivity index (χ1) is 13.5. The number of nitrogens with zero attached hydrogens (tertiary/aromatic N) is 1. The van der Waals surface area contributed by atoms with Gasteiger partial charge in [-0.3, -0.25) is 4.79 Å². The number of amides is 1. The van der Waals surface area contributed by atoms with Crippen molar-refractivity contribution in [3.05, 3.63) is 48.0 Å². The number of esters is 1. The Morgan fingerprint density at radius 3 is 2.36 bits per heavy atom. The smallest absolute Gasteiger partial charge is 0.347 e. The predicted molar refractivity (Wildman–Crippen MR) is 100 cm³/mol. The van der Waals surface area contributed by atoms with Crippen molar-refractivity contribution in [2.45, 2.75) is 13.0 Å². The Morgan fingerprint density at radius 1 is 1.07 bits per heavy atom. The number of hydrogen-bond donors (Lipinski definition) is 1. The highest BCUT2D eigenvalue weighted by Gasteiger charge is 2.18. The number of nitrogens with one attached hydrogen (secondary N) is 1. The first kappa shape index (κ1) is 20.6. The lowest BCUT2D eigenvalue weighted by Gasteiger charge is -2.14. The molecule has 8 heteroatoms. The highest BCUT2D eigenvalue weighted by molar-refractivity contribution is 5.93. The van der Waals surface area contributed by atoms with Crippen LogP contribution in [0.15, 0.2) is 42.5 Å². The number of rotatable bonds is 8. The molecule has 0 saturated heterocycles. The van der Waals surface area contributed by atoms with Crippen molar-refractivity contribution in [3.63, 3.8) is 0 Å². The summed E-state index contributed by atoms with van der Waals surface area (Å²) in [5, 5.41) is 11.4. The van der Waals surface area contributed by atoms with E-state index < -0.39 is 24.6 Å². The van der Waals surface area contributed by atoms with Crippen LogP contribution in [-0.2, 0) is 14.3 Å². The molecule has 0 bridgehead atoms. The van der Waals surface area contributed by atoms with Crippen molar-refractivity contribution in [2.24, 2.45) is 0 Å². The van der Waals surface area contributed by atoms with Gasteiger partial charge in [0.25, 0.3) is 5.91 Å². The van der Waals surface area contributed by atoms with Gasteiger partial charge in [0.15, 0.2) is 24.2 Å². The predicted octanol–water partition coefficient (Wildman–Crippen LogP) is 2.52. The van der Waals surface area contributed by atoms with Gasteiger partial charge in [0.05, 0.1) is 25.9 Å². The molecule has 2 aromatic rings. The summed E-state index contributed by atoms with van der Waals surface area (Å²) in [5.41, 5.74) is 0.954. The lowest BCUT2D eigenvalue weighted by atomic mass is 10.2. The summed E-state index contributed by atoms with van der Waals surface area (Å²) in [4.78, 5) is 24.0. The summed E-state index contributed by atoms with van der Waals surface area (Å²) in [6.07, 6.45) is -0.915. The summed E-state index contributed by atoms with van der Waals surface area (Å²) in [7, 11) is 3.00. The number of anilines is 1. The number of carbonyl (C=O) groups excluding carboxylic acids is 2. The zero-order valence-electron chi connectivity index (χ0n) is 15.7. The third-order valence-electron chi connectivity index (χ3n) is 3.64. The van der Waals surface area contributed by atoms with Crippen molar-refractivity contribution in [2.75, 3.05) is 26.1 Å². The molecule has 1 amide bonds. The van der Waals surface area contributed by atoms with Crippen LogP contribution in [0.1, 0.15) is 12.5 Å². The summed E-state index contributed by atoms with van der Waals surface area (Å²) < 4.78 is 20.7. The molecular formula is C20H20N2O6. The summed E-state index contributed by atoms with van der Waals surface area (Å²) >= 11 is 0. The van der Waals surface area contributed by atoms with Gasteiger partial charge in [-0.25, -0.2) is 4.79 Å². The topological polar surface area (TPSA) is 107 Å². The molecule has 0 saturated carbocycles. The Bertz CT molecular complexity index is 873. The average Bonchev–Trinajstić information content (AvgIpc) is 2.72. The molecule has 2 aromatic carbocycles. The maximum Gasteiger partial charge on any atom is 0.347 e. The largest absolute Gasteiger partial charge is 0.493 e. The minimum Gasteiger partial charge on any atom is -0.493 e. The molecule has 0 aliphatic carbocycles. The lowest BCUT2D eigenvalue weighted by molar-refractivity contribution is -0.153. The van der Waals surface area contributed by atoms with E-state index in [4.69, 9.17) is 24.2 Å². The number of carbonyl (C=O) groups is 2. The third kappa shape index (κ3) is 5.64. The second-order valence-corrected chi connectivity index (χ2v) is 5.62. The minimum absolute atomic E-state index is 0.415. The van der Waals surface area contributed by atoms with E-state index in [2.05, 4.69) is 5.32 Å². The first-order valence-electron chi connectivity index (χ1n) is 8.32. The van der Waals surface area contributed by atoms with Gasteiger partial charge in [0.2, 0.25) is 0 Å². The van der Waals surface area contributed by atoms with E-state index in [9.17, 15) is 9.59 Å². The highest BCUT2D eigenvalue weighted by atomic mass is 16.6. The SMILES string of the molecule is COc1ccc(NC(=O)COC(=O)[C@H](C)Oc2ccc(C#N)cc2)cc1OC. The van der Waals surface area contributed by atoms with E-state index in [1.807, 2.05) is 6.07 Å². The quantitative estimate of drug-likeness (QED) is 0.697. The monoisotopic (exact) mass is 384 g/mol. The molecule has 0 heterocycles. The van der Waals surface area contributed by atoms with Gasteiger partial charge in [-0.05, 0) is 43.3 Å². The van der Waals surface area contributed by atoms with Crippen LogP contribution in [0.5, 0.6) is 17.2 Å². The number of ether oxygens (including phenoxy) is 4. The molecule has 0 aliphatic heterocycles. The van der Waals surface area contributed by atoms with E-state index in [0.717, 1.165) is 0 Å². The van der Waals surface area contributed by atoms with Crippen molar-refractivity contribution in [3.8, 4) is 23.3 Å². The van der Waals surface area contributed by atoms with E-state index in [1.54, 1.807) is 42.5 Å². The molecule has 0 unspecified atom stereocenters. The number of hydrogen-bond acceptors (Lipinski definition) is 7. The van der Waals surface area contributed by atoms with Gasteiger partial charge >= 0.3 is 5.97 Å². The molecule has 0 aromatic heterocycles. The van der Waals surface area contributed by atoms with Crippen LogP contribution in [0, 0.1) is 11.3 Å². The molecule has 2 rings (SSSR count). The van der Waals surface area contributed by atoms with Crippen molar-refractivity contribution >= 4 is 17.6 Å². The third-order valence-corrected chi connectivity index (χ3v) is 3.64. The Labute approximate surface area is 162 Å². The molecule has 1 N–H and O–H groups in total. The summed E-state index contributed by atoms with van der Waals surface area (Å²) in [5.74, 6) is 0.207. The Balaban J connectivity index is 1.84. The molecular weight excluding hydrogens is 364 g/mol. The Morgan fingerprint density at radius 2 is 1.75 bits per heavy atom. The Hall–Kier alpha value is -3.73. The Kier molecular flexibility index (Phi) is 7.22. The van der Waals surface area contributed by atoms with E-state index in [0.29, 0.717) is 28.5 Å². The normalized spacial score (nSPS) is 10.9. The standard InChI is InChI=1S/C20H20N2O6/c1-13(28-16-7-4-14(11-21)5-8-16)20(24)27-12-19(23)22-15-6-9-17(25-2)18(10-15)26-3/h4-10,13H,12H2,1-3H3,(H,22,23)/t13-/m0/s1. The summed E-state index contributed by atoms with van der Waals surface area (Å²) in [6, 6.07) is 13.2. The van der Waals surface area contributed by atoms with E-state index in [-0.39, 0.29) is 0 Å². The molecule has 0 fully saturated rings. The molecule has 0 spiro atoms. The van der Waals surface area contributed by atoms with Gasteiger partial charge < -0.3 is 24.3 Å². The fraction of sp³-hybridized carbons (Fsp3) is 0.250. The molecule has 28 heavy (non-hydrogen) atoms. The lowest BCUT2D eigenvalue weighted by Crippen LogP contribution is -2.29. The van der Waals surface area contributed by atoms with Crippen LogP contribution >= 0.6 is 0 Å². The second kappa shape index (κ2) is 9.83. The molecule has 0 radical (unpaired) electrons. The second-order valence-electron chi connectivity index (χ2n) is 5.62. The molecule has 8 nitrogen and oxygen atoms in total. The van der Waals surface area contributed by atoms with Gasteiger partial charge in [0, 0.05) is 11.8 Å². The molecule has 1 atom stereocenters. The zero-order valence-corrected chi connectivity index (χ0v) is 15.7. The number of nitriles is 1. The van der Waals surface area contributed by atoms with Crippen LogP contribution in [0.2, 0.25) is 0 Å². The first-order valence-corrected chi connectivity index (χ1v) is 8.32. The van der Waals surface area contributed by atoms with E-state index in [1.165, 1.54) is 21.1 Å². The van der Waals surface area contributed by atoms with Crippen LogP contribution in [0.3, 0.4) is 0 Å². The zero-order chi connectivity index (χ0) is 20.5. The number of benzene rings is 2. The molecule has 0 aliphatic rings. The molecule has 146 valence electrons. The van der Waals surface area contributed by atoms with Crippen LogP contribution in [0.25, 0.3) is 0 Å². The summed E-state index contributed by atoms with van der Waals surface area (Å²) in [6.45, 7) is 1.04. The fourth-order valence-corrected chi connectivity index (χ4v) is 2.23. The van der Waals surface area contributed by atoms with Gasteiger partial charge in [-0.2, -0.15) is 5.26 Å². The van der Waals surface area contributed by atoms with Gasteiger partial charge in [0.1, 0.15) is 5.75 Å². The van der Waals surface area contributed by atoms with Crippen molar-refractivity contribution in [1.82, 2.24) is 0 Å². The number of methoxy groups -OCH3 is 2. The average molecular weight is 384 g/mol. The maximum atomic E-state index is 12.0. The van der Waals surface area contributed by atoms with Crippen molar-refractivity contribution in [1.29, 1.82) is 5.26 Å². The van der Waals surface area contributed by atoms with Crippen LogP contribution in [0.4, 0.5) is 5.69 Å². The minimum atomic E-state index is -0.915. The van der Waals surface area contributed by atoms with Gasteiger partial charge in [-0.1, -0.05) is 0 Å². The van der Waals surface area contributed by atoms with Crippen LogP contribution in [-0.4, -0.2) is 38.8 Å². The van der Waals surface area contributed by atoms with Gasteiger partial charge in [-0.15, -0.1) is 0 Å². The van der Waals surface area contributed by atoms with Crippen LogP contribution < -0.4 is 19.5 Å². The van der Waals surface area contributed by atoms with E-state index >= 15 is 0 Å².